The van der Waals surface area contributed by atoms with Crippen LogP contribution in [0.4, 0.5) is 0 Å². The van der Waals surface area contributed by atoms with Crippen LogP contribution in [0.5, 0.6) is 11.5 Å². The highest BCUT2D eigenvalue weighted by Crippen LogP contribution is 2.53. The van der Waals surface area contributed by atoms with E-state index in [4.69, 9.17) is 4.74 Å². The van der Waals surface area contributed by atoms with Crippen molar-refractivity contribution in [3.05, 3.63) is 108 Å². The van der Waals surface area contributed by atoms with Crippen LogP contribution >= 0.6 is 0 Å². The van der Waals surface area contributed by atoms with Crippen LogP contribution in [0.2, 0.25) is 0 Å². The van der Waals surface area contributed by atoms with E-state index in [0.29, 0.717) is 0 Å². The van der Waals surface area contributed by atoms with Crippen molar-refractivity contribution in [1.82, 2.24) is 4.98 Å². The minimum atomic E-state index is -0.314. The molecule has 0 saturated carbocycles. The summed E-state index contributed by atoms with van der Waals surface area (Å²) in [4.78, 5) is 3.68. The average Bonchev–Trinajstić information content (AvgIpc) is 3.13. The van der Waals surface area contributed by atoms with Crippen molar-refractivity contribution in [2.24, 2.45) is 0 Å². The van der Waals surface area contributed by atoms with Crippen molar-refractivity contribution in [1.29, 1.82) is 0 Å². The maximum absolute atomic E-state index is 6.38. The second kappa shape index (κ2) is 5.49. The normalized spacial score (nSPS) is 17.9. The third kappa shape index (κ3) is 1.92. The van der Waals surface area contributed by atoms with Crippen molar-refractivity contribution in [3.63, 3.8) is 0 Å². The van der Waals surface area contributed by atoms with Gasteiger partial charge >= 0.3 is 0 Å². The highest BCUT2D eigenvalue weighted by atomic mass is 16.5. The fraction of sp³-hybridized carbons (Fsp3) is 0.0769. The number of hydrogen-bond acceptors (Lipinski definition) is 1. The Morgan fingerprint density at radius 3 is 2.32 bits per heavy atom. The van der Waals surface area contributed by atoms with Crippen LogP contribution in [0, 0.1) is 0 Å². The molecule has 2 heterocycles. The van der Waals surface area contributed by atoms with Crippen LogP contribution < -0.4 is 4.74 Å². The van der Waals surface area contributed by atoms with E-state index in [1.54, 1.807) is 0 Å². The van der Waals surface area contributed by atoms with E-state index in [2.05, 4.69) is 96.8 Å². The number of aromatic amines is 1. The first kappa shape index (κ1) is 15.5. The Balaban J connectivity index is 1.79. The third-order valence-electron chi connectivity index (χ3n) is 6.14. The summed E-state index contributed by atoms with van der Waals surface area (Å²) in [6.07, 6.45) is 0. The van der Waals surface area contributed by atoms with Crippen molar-refractivity contribution < 1.29 is 4.74 Å². The smallest absolute Gasteiger partial charge is 0.134 e. The first-order chi connectivity index (χ1) is 13.8. The van der Waals surface area contributed by atoms with Crippen LogP contribution in [-0.4, -0.2) is 4.98 Å². The summed E-state index contributed by atoms with van der Waals surface area (Å²) in [5.41, 5.74) is 5.65. The van der Waals surface area contributed by atoms with Crippen LogP contribution in [0.25, 0.3) is 21.8 Å². The van der Waals surface area contributed by atoms with Crippen LogP contribution in [0.3, 0.4) is 0 Å². The van der Waals surface area contributed by atoms with Gasteiger partial charge in [-0.05, 0) is 36.8 Å². The largest absolute Gasteiger partial charge is 0.457 e. The molecule has 2 heteroatoms. The molecule has 0 amide bonds. The minimum Gasteiger partial charge on any atom is -0.457 e. The number of aromatic nitrogens is 1. The molecule has 0 aliphatic carbocycles. The minimum absolute atomic E-state index is 0.314. The third-order valence-corrected chi connectivity index (χ3v) is 6.14. The molecule has 1 N–H and O–H groups in total. The molecule has 1 unspecified atom stereocenters. The number of ether oxygens (including phenoxy) is 1. The molecule has 0 spiro atoms. The zero-order chi connectivity index (χ0) is 18.7. The number of nitrogens with one attached hydrogen (secondary N) is 1. The first-order valence-electron chi connectivity index (χ1n) is 9.63. The Kier molecular flexibility index (Phi) is 3.05. The van der Waals surface area contributed by atoms with E-state index in [0.717, 1.165) is 22.5 Å². The molecule has 4 aromatic carbocycles. The summed E-state index contributed by atoms with van der Waals surface area (Å²) in [7, 11) is 0. The first-order valence-corrected chi connectivity index (χ1v) is 9.63. The van der Waals surface area contributed by atoms with E-state index in [1.807, 2.05) is 6.07 Å². The maximum atomic E-state index is 6.38. The number of rotatable bonds is 1. The molecule has 0 bridgehead atoms. The quantitative estimate of drug-likeness (QED) is 0.350. The van der Waals surface area contributed by atoms with Gasteiger partial charge in [0.25, 0.3) is 0 Å². The van der Waals surface area contributed by atoms with Gasteiger partial charge in [-0.25, -0.2) is 0 Å². The number of benzene rings is 4. The van der Waals surface area contributed by atoms with Crippen molar-refractivity contribution in [3.8, 4) is 11.5 Å². The van der Waals surface area contributed by atoms with Gasteiger partial charge in [0.15, 0.2) is 0 Å². The van der Waals surface area contributed by atoms with E-state index < -0.39 is 0 Å². The second-order valence-electron chi connectivity index (χ2n) is 7.62. The number of H-pyrrole nitrogens is 1. The molecule has 6 rings (SSSR count). The average molecular weight is 361 g/mol. The molecule has 134 valence electrons. The van der Waals surface area contributed by atoms with E-state index in [1.165, 1.54) is 27.5 Å². The molecule has 0 radical (unpaired) electrons. The molecule has 1 aliphatic rings. The predicted molar refractivity (Wildman–Crippen MR) is 114 cm³/mol. The molecular weight excluding hydrogens is 342 g/mol. The van der Waals surface area contributed by atoms with E-state index >= 15 is 0 Å². The number of fused-ring (bicyclic) bond motifs is 6. The molecule has 0 fully saturated rings. The summed E-state index contributed by atoms with van der Waals surface area (Å²) >= 11 is 0. The summed E-state index contributed by atoms with van der Waals surface area (Å²) in [6, 6.07) is 31.9. The molecular formula is C26H19NO. The molecule has 1 aromatic heterocycles. The van der Waals surface area contributed by atoms with Gasteiger partial charge in [-0.1, -0.05) is 66.7 Å². The Morgan fingerprint density at radius 2 is 1.43 bits per heavy atom. The summed E-state index contributed by atoms with van der Waals surface area (Å²) in [5, 5.41) is 2.48. The van der Waals surface area contributed by atoms with Gasteiger partial charge < -0.3 is 9.72 Å². The van der Waals surface area contributed by atoms with E-state index in [-0.39, 0.29) is 5.41 Å². The van der Waals surface area contributed by atoms with Gasteiger partial charge in [-0.3, -0.25) is 0 Å². The highest BCUT2D eigenvalue weighted by Gasteiger charge is 2.41. The topological polar surface area (TPSA) is 25.0 Å². The van der Waals surface area contributed by atoms with Gasteiger partial charge in [0.1, 0.15) is 11.5 Å². The van der Waals surface area contributed by atoms with Crippen molar-refractivity contribution in [2.75, 3.05) is 0 Å². The predicted octanol–water partition coefficient (Wildman–Crippen LogP) is 6.78. The lowest BCUT2D eigenvalue weighted by atomic mass is 9.69. The molecule has 2 nitrogen and oxygen atoms in total. The molecule has 1 atom stereocenters. The number of para-hydroxylation sites is 2. The Morgan fingerprint density at radius 1 is 0.679 bits per heavy atom. The number of hydrogen-bond donors (Lipinski definition) is 1. The zero-order valence-corrected chi connectivity index (χ0v) is 15.6. The zero-order valence-electron chi connectivity index (χ0n) is 15.6. The fourth-order valence-corrected chi connectivity index (χ4v) is 4.77. The molecule has 28 heavy (non-hydrogen) atoms. The Bertz CT molecular complexity index is 1350. The standard InChI is InChI=1S/C26H19NO/c1-26(17-9-3-2-4-10-17)20-12-6-8-14-22(20)28-23-16-15-19-18-11-5-7-13-21(18)27-25(19)24(23)26/h2-16,27H,1H3. The van der Waals surface area contributed by atoms with Crippen LogP contribution in [0.1, 0.15) is 23.6 Å². The van der Waals surface area contributed by atoms with Gasteiger partial charge in [0.05, 0.1) is 10.9 Å². The van der Waals surface area contributed by atoms with Gasteiger partial charge in [-0.2, -0.15) is 0 Å². The second-order valence-corrected chi connectivity index (χ2v) is 7.62. The van der Waals surface area contributed by atoms with Gasteiger partial charge in [0.2, 0.25) is 0 Å². The van der Waals surface area contributed by atoms with Crippen LogP contribution in [0.15, 0.2) is 91.0 Å². The van der Waals surface area contributed by atoms with Crippen molar-refractivity contribution in [2.45, 2.75) is 12.3 Å². The highest BCUT2D eigenvalue weighted by molar-refractivity contribution is 6.09. The molecule has 0 saturated heterocycles. The SMILES string of the molecule is CC1(c2ccccc2)c2ccccc2Oc2ccc3c([nH]c4ccccc43)c21. The molecule has 5 aromatic rings. The summed E-state index contributed by atoms with van der Waals surface area (Å²) in [6.45, 7) is 2.31. The van der Waals surface area contributed by atoms with E-state index in [9.17, 15) is 0 Å². The lowest BCUT2D eigenvalue weighted by Gasteiger charge is -2.38. The van der Waals surface area contributed by atoms with Crippen LogP contribution in [-0.2, 0) is 5.41 Å². The Labute approximate surface area is 163 Å². The van der Waals surface area contributed by atoms with Gasteiger partial charge in [-0.15, -0.1) is 0 Å². The fourth-order valence-electron chi connectivity index (χ4n) is 4.77. The maximum Gasteiger partial charge on any atom is 0.134 e. The van der Waals surface area contributed by atoms with Crippen molar-refractivity contribution >= 4 is 21.8 Å². The van der Waals surface area contributed by atoms with Gasteiger partial charge in [0, 0.05) is 27.4 Å². The molecule has 1 aliphatic heterocycles. The lowest BCUT2D eigenvalue weighted by Crippen LogP contribution is -2.29. The summed E-state index contributed by atoms with van der Waals surface area (Å²) in [5.74, 6) is 1.85. The lowest BCUT2D eigenvalue weighted by molar-refractivity contribution is 0.429. The monoisotopic (exact) mass is 361 g/mol. The Hall–Kier alpha value is -3.52. The summed E-state index contributed by atoms with van der Waals surface area (Å²) < 4.78 is 6.38.